The summed E-state index contributed by atoms with van der Waals surface area (Å²) < 4.78 is 10.9. The second-order valence-corrected chi connectivity index (χ2v) is 4.83. The highest BCUT2D eigenvalue weighted by Gasteiger charge is 2.16. The minimum atomic E-state index is -0.261. The fourth-order valence-electron chi connectivity index (χ4n) is 2.21. The number of furan rings is 1. The standard InChI is InChI=1S/C18H20O3/c1-4-14-12-20-18(15-9-7-6-8-10-15)16(14)11-13(3)21-17(19)5-2/h6-10,12H,3-5,11H2,1-2H3. The lowest BCUT2D eigenvalue weighted by Crippen LogP contribution is -2.04. The van der Waals surface area contributed by atoms with Crippen molar-refractivity contribution in [2.75, 3.05) is 0 Å². The Labute approximate surface area is 125 Å². The maximum atomic E-state index is 11.4. The van der Waals surface area contributed by atoms with Crippen LogP contribution in [0.4, 0.5) is 0 Å². The number of aryl methyl sites for hydroxylation is 1. The molecule has 0 saturated carbocycles. The van der Waals surface area contributed by atoms with Crippen LogP contribution < -0.4 is 0 Å². The van der Waals surface area contributed by atoms with Gasteiger partial charge in [0.05, 0.1) is 6.26 Å². The van der Waals surface area contributed by atoms with Crippen LogP contribution in [0.3, 0.4) is 0 Å². The molecule has 3 heteroatoms. The lowest BCUT2D eigenvalue weighted by molar-refractivity contribution is -0.139. The van der Waals surface area contributed by atoms with Gasteiger partial charge < -0.3 is 9.15 Å². The highest BCUT2D eigenvalue weighted by atomic mass is 16.5. The van der Waals surface area contributed by atoms with E-state index in [-0.39, 0.29) is 5.97 Å². The van der Waals surface area contributed by atoms with Crippen LogP contribution in [-0.2, 0) is 22.4 Å². The van der Waals surface area contributed by atoms with Crippen LogP contribution in [0.5, 0.6) is 0 Å². The molecule has 2 aromatic rings. The second kappa shape index (κ2) is 6.93. The first-order valence-corrected chi connectivity index (χ1v) is 7.18. The molecule has 0 fully saturated rings. The number of esters is 1. The van der Waals surface area contributed by atoms with Crippen LogP contribution in [0.2, 0.25) is 0 Å². The summed E-state index contributed by atoms with van der Waals surface area (Å²) >= 11 is 0. The zero-order valence-electron chi connectivity index (χ0n) is 12.5. The largest absolute Gasteiger partial charge is 0.464 e. The number of rotatable bonds is 6. The van der Waals surface area contributed by atoms with Crippen LogP contribution in [0, 0.1) is 0 Å². The third kappa shape index (κ3) is 3.63. The average Bonchev–Trinajstić information content (AvgIpc) is 2.90. The van der Waals surface area contributed by atoms with Crippen molar-refractivity contribution in [3.63, 3.8) is 0 Å². The van der Waals surface area contributed by atoms with Crippen molar-refractivity contribution in [2.45, 2.75) is 33.1 Å². The maximum Gasteiger partial charge on any atom is 0.310 e. The zero-order chi connectivity index (χ0) is 15.2. The molecule has 1 aromatic heterocycles. The van der Waals surface area contributed by atoms with E-state index in [2.05, 4.69) is 13.5 Å². The molecule has 0 aliphatic heterocycles. The van der Waals surface area contributed by atoms with Gasteiger partial charge in [0.1, 0.15) is 11.5 Å². The van der Waals surface area contributed by atoms with Gasteiger partial charge in [0.15, 0.2) is 0 Å². The maximum absolute atomic E-state index is 11.4. The number of hydrogen-bond donors (Lipinski definition) is 0. The van der Waals surface area contributed by atoms with Crippen molar-refractivity contribution in [1.82, 2.24) is 0 Å². The number of allylic oxidation sites excluding steroid dienone is 1. The molecule has 0 aliphatic rings. The lowest BCUT2D eigenvalue weighted by Gasteiger charge is -2.08. The molecule has 0 N–H and O–H groups in total. The summed E-state index contributed by atoms with van der Waals surface area (Å²) in [5, 5.41) is 0. The Morgan fingerprint density at radius 1 is 1.24 bits per heavy atom. The predicted octanol–water partition coefficient (Wildman–Crippen LogP) is 4.52. The van der Waals surface area contributed by atoms with Crippen molar-refractivity contribution in [3.8, 4) is 11.3 Å². The van der Waals surface area contributed by atoms with Gasteiger partial charge in [0.25, 0.3) is 0 Å². The van der Waals surface area contributed by atoms with Crippen molar-refractivity contribution in [2.24, 2.45) is 0 Å². The van der Waals surface area contributed by atoms with Crippen LogP contribution in [0.1, 0.15) is 31.4 Å². The normalized spacial score (nSPS) is 10.4. The lowest BCUT2D eigenvalue weighted by atomic mass is 10.0. The molecule has 0 radical (unpaired) electrons. The van der Waals surface area contributed by atoms with Crippen molar-refractivity contribution in [1.29, 1.82) is 0 Å². The van der Waals surface area contributed by atoms with Gasteiger partial charge >= 0.3 is 5.97 Å². The molecule has 3 nitrogen and oxygen atoms in total. The molecule has 0 amide bonds. The summed E-state index contributed by atoms with van der Waals surface area (Å²) in [6.45, 7) is 7.68. The van der Waals surface area contributed by atoms with E-state index in [0.717, 1.165) is 28.9 Å². The average molecular weight is 284 g/mol. The first-order chi connectivity index (χ1) is 10.2. The third-order valence-electron chi connectivity index (χ3n) is 3.32. The summed E-state index contributed by atoms with van der Waals surface area (Å²) in [5.41, 5.74) is 3.17. The first kappa shape index (κ1) is 15.1. The van der Waals surface area contributed by atoms with Gasteiger partial charge in [-0.3, -0.25) is 4.79 Å². The van der Waals surface area contributed by atoms with Crippen molar-refractivity contribution < 1.29 is 13.9 Å². The quantitative estimate of drug-likeness (QED) is 0.578. The van der Waals surface area contributed by atoms with Crippen LogP contribution >= 0.6 is 0 Å². The number of ether oxygens (including phenoxy) is 1. The van der Waals surface area contributed by atoms with Gasteiger partial charge in [-0.1, -0.05) is 50.8 Å². The molecule has 0 bridgehead atoms. The third-order valence-corrected chi connectivity index (χ3v) is 3.32. The molecule has 21 heavy (non-hydrogen) atoms. The second-order valence-electron chi connectivity index (χ2n) is 4.83. The minimum absolute atomic E-state index is 0.261. The van der Waals surface area contributed by atoms with E-state index < -0.39 is 0 Å². The minimum Gasteiger partial charge on any atom is -0.464 e. The topological polar surface area (TPSA) is 39.4 Å². The molecular weight excluding hydrogens is 264 g/mol. The van der Waals surface area contributed by atoms with Gasteiger partial charge in [0, 0.05) is 24.0 Å². The summed E-state index contributed by atoms with van der Waals surface area (Å²) in [6, 6.07) is 9.92. The highest BCUT2D eigenvalue weighted by molar-refractivity contribution is 5.70. The van der Waals surface area contributed by atoms with E-state index in [1.165, 1.54) is 0 Å². The number of carbonyl (C=O) groups is 1. The summed E-state index contributed by atoms with van der Waals surface area (Å²) in [4.78, 5) is 11.4. The molecule has 0 atom stereocenters. The number of hydrogen-bond acceptors (Lipinski definition) is 3. The molecule has 1 aromatic carbocycles. The molecule has 0 unspecified atom stereocenters. The Morgan fingerprint density at radius 3 is 2.57 bits per heavy atom. The van der Waals surface area contributed by atoms with Crippen molar-refractivity contribution >= 4 is 5.97 Å². The van der Waals surface area contributed by atoms with Crippen LogP contribution in [-0.4, -0.2) is 5.97 Å². The van der Waals surface area contributed by atoms with Gasteiger partial charge in [-0.05, 0) is 12.0 Å². The van der Waals surface area contributed by atoms with E-state index in [4.69, 9.17) is 9.15 Å². The molecule has 2 rings (SSSR count). The fraction of sp³-hybridized carbons (Fsp3) is 0.278. The van der Waals surface area contributed by atoms with Gasteiger partial charge in [-0.25, -0.2) is 0 Å². The number of carbonyl (C=O) groups excluding carboxylic acids is 1. The van der Waals surface area contributed by atoms with Crippen molar-refractivity contribution in [3.05, 3.63) is 60.1 Å². The Kier molecular flexibility index (Phi) is 4.99. The molecular formula is C18H20O3. The SMILES string of the molecule is C=C(Cc1c(CC)coc1-c1ccccc1)OC(=O)CC. The van der Waals surface area contributed by atoms with E-state index in [0.29, 0.717) is 18.6 Å². The fourth-order valence-corrected chi connectivity index (χ4v) is 2.21. The summed E-state index contributed by atoms with van der Waals surface area (Å²) in [5.74, 6) is 1.01. The first-order valence-electron chi connectivity index (χ1n) is 7.18. The highest BCUT2D eigenvalue weighted by Crippen LogP contribution is 2.30. The molecule has 0 aliphatic carbocycles. The zero-order valence-corrected chi connectivity index (χ0v) is 12.5. The van der Waals surface area contributed by atoms with E-state index in [9.17, 15) is 4.79 Å². The van der Waals surface area contributed by atoms with Gasteiger partial charge in [0.2, 0.25) is 0 Å². The molecule has 110 valence electrons. The Hall–Kier alpha value is -2.29. The smallest absolute Gasteiger partial charge is 0.310 e. The van der Waals surface area contributed by atoms with Gasteiger partial charge in [-0.2, -0.15) is 0 Å². The Morgan fingerprint density at radius 2 is 1.95 bits per heavy atom. The van der Waals surface area contributed by atoms with Crippen LogP contribution in [0.15, 0.2) is 53.4 Å². The number of benzene rings is 1. The monoisotopic (exact) mass is 284 g/mol. The molecule has 1 heterocycles. The molecule has 0 saturated heterocycles. The Bertz CT molecular complexity index is 623. The van der Waals surface area contributed by atoms with Crippen LogP contribution in [0.25, 0.3) is 11.3 Å². The molecule has 0 spiro atoms. The van der Waals surface area contributed by atoms with E-state index in [1.54, 1.807) is 13.2 Å². The van der Waals surface area contributed by atoms with Gasteiger partial charge in [-0.15, -0.1) is 0 Å². The van der Waals surface area contributed by atoms with E-state index >= 15 is 0 Å². The summed E-state index contributed by atoms with van der Waals surface area (Å²) in [7, 11) is 0. The Balaban J connectivity index is 2.27. The predicted molar refractivity (Wildman–Crippen MR) is 82.7 cm³/mol. The van der Waals surface area contributed by atoms with E-state index in [1.807, 2.05) is 30.3 Å². The summed E-state index contributed by atoms with van der Waals surface area (Å²) in [6.07, 6.45) is 3.46.